The maximum atomic E-state index is 12.3. The van der Waals surface area contributed by atoms with Crippen molar-refractivity contribution < 1.29 is 19.4 Å². The van der Waals surface area contributed by atoms with Gasteiger partial charge in [0.15, 0.2) is 11.7 Å². The number of aliphatic hydroxyl groups is 1. The van der Waals surface area contributed by atoms with Gasteiger partial charge in [-0.25, -0.2) is 9.78 Å². The van der Waals surface area contributed by atoms with Crippen molar-refractivity contribution in [2.24, 2.45) is 0 Å². The number of esters is 1. The maximum absolute atomic E-state index is 12.3. The molecule has 3 rings (SSSR count). The summed E-state index contributed by atoms with van der Waals surface area (Å²) in [7, 11) is 0. The quantitative estimate of drug-likeness (QED) is 0.566. The van der Waals surface area contributed by atoms with E-state index in [-0.39, 0.29) is 5.69 Å². The van der Waals surface area contributed by atoms with E-state index >= 15 is 0 Å². The highest BCUT2D eigenvalue weighted by molar-refractivity contribution is 7.22. The number of aryl methyl sites for hydroxylation is 3. The van der Waals surface area contributed by atoms with E-state index in [1.807, 2.05) is 26.0 Å². The lowest BCUT2D eigenvalue weighted by Gasteiger charge is -2.06. The number of carbonyl (C=O) groups excluding carboxylic acids is 2. The smallest absolute Gasteiger partial charge is 0.355 e. The maximum Gasteiger partial charge on any atom is 0.355 e. The van der Waals surface area contributed by atoms with Crippen LogP contribution in [0, 0.1) is 27.7 Å². The van der Waals surface area contributed by atoms with E-state index in [9.17, 15) is 14.7 Å². The summed E-state index contributed by atoms with van der Waals surface area (Å²) in [6.07, 6.45) is -0.702. The minimum absolute atomic E-state index is 0.243. The number of nitrogens with zero attached hydrogens (tertiary/aromatic N) is 1. The van der Waals surface area contributed by atoms with Crippen LogP contribution in [0.25, 0.3) is 10.2 Å². The van der Waals surface area contributed by atoms with Gasteiger partial charge in [-0.05, 0) is 57.4 Å². The number of aromatic amines is 1. The van der Waals surface area contributed by atoms with Crippen LogP contribution >= 0.6 is 11.3 Å². The zero-order valence-electron chi connectivity index (χ0n) is 16.5. The van der Waals surface area contributed by atoms with Gasteiger partial charge < -0.3 is 14.8 Å². The molecule has 28 heavy (non-hydrogen) atoms. The van der Waals surface area contributed by atoms with Gasteiger partial charge in [0.1, 0.15) is 5.69 Å². The number of fused-ring (bicyclic) bond motifs is 1. The zero-order valence-corrected chi connectivity index (χ0v) is 17.3. The summed E-state index contributed by atoms with van der Waals surface area (Å²) >= 11 is 1.38. The molecule has 0 aliphatic carbocycles. The Morgan fingerprint density at radius 3 is 2.64 bits per heavy atom. The van der Waals surface area contributed by atoms with Crippen LogP contribution in [0.1, 0.15) is 51.5 Å². The fourth-order valence-electron chi connectivity index (χ4n) is 3.38. The van der Waals surface area contributed by atoms with Gasteiger partial charge in [-0.3, -0.25) is 10.1 Å². The van der Waals surface area contributed by atoms with Crippen LogP contribution in [0.3, 0.4) is 0 Å². The minimum atomic E-state index is -0.702. The Morgan fingerprint density at radius 1 is 1.29 bits per heavy atom. The summed E-state index contributed by atoms with van der Waals surface area (Å²) < 4.78 is 6.11. The third-order valence-corrected chi connectivity index (χ3v) is 5.45. The first-order valence-corrected chi connectivity index (χ1v) is 9.71. The standard InChI is InChI=1S/C20H23N3O4S/c1-9-6-10(2)17-14(7-9)28-20(23-17)22-15(25)8-27-19(26)18-11(3)16(13(5)24)12(4)21-18/h6-7,13,21,24H,8H2,1-5H3,(H,22,23,25)/t13-/m1/s1. The highest BCUT2D eigenvalue weighted by Gasteiger charge is 2.21. The summed E-state index contributed by atoms with van der Waals surface area (Å²) in [5, 5.41) is 13.0. The number of carbonyl (C=O) groups is 2. The number of rotatable bonds is 5. The van der Waals surface area contributed by atoms with E-state index in [1.54, 1.807) is 20.8 Å². The van der Waals surface area contributed by atoms with Crippen LogP contribution in [-0.2, 0) is 9.53 Å². The molecule has 3 aromatic rings. The number of anilines is 1. The average Bonchev–Trinajstić information content (AvgIpc) is 3.12. The van der Waals surface area contributed by atoms with Gasteiger partial charge in [0.05, 0.1) is 16.3 Å². The second-order valence-electron chi connectivity index (χ2n) is 6.91. The molecular formula is C20H23N3O4S. The lowest BCUT2D eigenvalue weighted by molar-refractivity contribution is -0.119. The molecule has 1 aromatic carbocycles. The van der Waals surface area contributed by atoms with E-state index in [4.69, 9.17) is 4.74 Å². The van der Waals surface area contributed by atoms with Gasteiger partial charge in [0, 0.05) is 11.3 Å². The van der Waals surface area contributed by atoms with Crippen molar-refractivity contribution in [1.82, 2.24) is 9.97 Å². The van der Waals surface area contributed by atoms with E-state index < -0.39 is 24.6 Å². The van der Waals surface area contributed by atoms with E-state index in [1.165, 1.54) is 11.3 Å². The van der Waals surface area contributed by atoms with Crippen LogP contribution in [0.2, 0.25) is 0 Å². The number of nitrogens with one attached hydrogen (secondary N) is 2. The first kappa shape index (κ1) is 20.0. The average molecular weight is 401 g/mol. The second kappa shape index (κ2) is 7.73. The lowest BCUT2D eigenvalue weighted by Crippen LogP contribution is -2.21. The molecule has 0 saturated heterocycles. The number of hydrogen-bond acceptors (Lipinski definition) is 6. The Kier molecular flexibility index (Phi) is 5.53. The van der Waals surface area contributed by atoms with Gasteiger partial charge in [0.25, 0.3) is 5.91 Å². The van der Waals surface area contributed by atoms with Gasteiger partial charge in [-0.2, -0.15) is 0 Å². The van der Waals surface area contributed by atoms with Gasteiger partial charge in [0.2, 0.25) is 0 Å². The molecule has 0 bridgehead atoms. The minimum Gasteiger partial charge on any atom is -0.451 e. The topological polar surface area (TPSA) is 104 Å². The largest absolute Gasteiger partial charge is 0.451 e. The third kappa shape index (κ3) is 3.93. The lowest BCUT2D eigenvalue weighted by atomic mass is 10.1. The molecule has 2 heterocycles. The molecule has 3 N–H and O–H groups in total. The molecule has 1 atom stereocenters. The Morgan fingerprint density at radius 2 is 2.00 bits per heavy atom. The summed E-state index contributed by atoms with van der Waals surface area (Å²) in [6.45, 7) is 8.70. The molecule has 1 amide bonds. The molecule has 0 radical (unpaired) electrons. The number of aromatic nitrogens is 2. The molecule has 0 aliphatic heterocycles. The van der Waals surface area contributed by atoms with Crippen molar-refractivity contribution in [1.29, 1.82) is 0 Å². The van der Waals surface area contributed by atoms with E-state index in [2.05, 4.69) is 15.3 Å². The Balaban J connectivity index is 1.65. The van der Waals surface area contributed by atoms with Crippen LogP contribution < -0.4 is 5.32 Å². The summed E-state index contributed by atoms with van der Waals surface area (Å²) in [5.41, 5.74) is 5.26. The molecular weight excluding hydrogens is 378 g/mol. The van der Waals surface area contributed by atoms with E-state index in [0.717, 1.165) is 21.3 Å². The number of benzene rings is 1. The van der Waals surface area contributed by atoms with Crippen molar-refractivity contribution >= 4 is 38.6 Å². The molecule has 0 unspecified atom stereocenters. The van der Waals surface area contributed by atoms with Crippen molar-refractivity contribution in [2.45, 2.75) is 40.7 Å². The molecule has 148 valence electrons. The van der Waals surface area contributed by atoms with Crippen molar-refractivity contribution in [2.75, 3.05) is 11.9 Å². The number of ether oxygens (including phenoxy) is 1. The van der Waals surface area contributed by atoms with Crippen molar-refractivity contribution in [3.63, 3.8) is 0 Å². The molecule has 7 nitrogen and oxygen atoms in total. The Hall–Kier alpha value is -2.71. The molecule has 0 fully saturated rings. The number of aliphatic hydroxyl groups excluding tert-OH is 1. The normalized spacial score (nSPS) is 12.2. The second-order valence-corrected chi connectivity index (χ2v) is 7.94. The van der Waals surface area contributed by atoms with Gasteiger partial charge in [-0.1, -0.05) is 17.4 Å². The SMILES string of the molecule is Cc1cc(C)c2nc(NC(=O)COC(=O)c3[nH]c(C)c([C@@H](C)O)c3C)sc2c1. The number of amides is 1. The fourth-order valence-corrected chi connectivity index (χ4v) is 4.44. The highest BCUT2D eigenvalue weighted by atomic mass is 32.1. The summed E-state index contributed by atoms with van der Waals surface area (Å²) in [5.74, 6) is -1.10. The Bertz CT molecular complexity index is 1070. The summed E-state index contributed by atoms with van der Waals surface area (Å²) in [4.78, 5) is 31.8. The van der Waals surface area contributed by atoms with Crippen LogP contribution in [0.4, 0.5) is 5.13 Å². The third-order valence-electron chi connectivity index (χ3n) is 4.53. The number of hydrogen-bond donors (Lipinski definition) is 3. The van der Waals surface area contributed by atoms with Gasteiger partial charge >= 0.3 is 5.97 Å². The first-order valence-electron chi connectivity index (χ1n) is 8.89. The van der Waals surface area contributed by atoms with Crippen molar-refractivity contribution in [3.8, 4) is 0 Å². The molecule has 8 heteroatoms. The zero-order chi connectivity index (χ0) is 20.6. The monoisotopic (exact) mass is 401 g/mol. The number of thiazole rings is 1. The van der Waals surface area contributed by atoms with Crippen LogP contribution in [0.5, 0.6) is 0 Å². The molecule has 0 saturated carbocycles. The predicted octanol–water partition coefficient (Wildman–Crippen LogP) is 3.71. The van der Waals surface area contributed by atoms with Crippen LogP contribution in [-0.4, -0.2) is 33.6 Å². The highest BCUT2D eigenvalue weighted by Crippen LogP contribution is 2.29. The first-order chi connectivity index (χ1) is 13.2. The Labute approximate surface area is 166 Å². The molecule has 2 aromatic heterocycles. The fraction of sp³-hybridized carbons (Fsp3) is 0.350. The van der Waals surface area contributed by atoms with Crippen molar-refractivity contribution in [3.05, 3.63) is 45.8 Å². The summed E-state index contributed by atoms with van der Waals surface area (Å²) in [6, 6.07) is 4.06. The molecule has 0 aliphatic rings. The van der Waals surface area contributed by atoms with Crippen LogP contribution in [0.15, 0.2) is 12.1 Å². The van der Waals surface area contributed by atoms with Gasteiger partial charge in [-0.15, -0.1) is 0 Å². The van der Waals surface area contributed by atoms with E-state index in [0.29, 0.717) is 22.0 Å². The number of H-pyrrole nitrogens is 1. The molecule has 0 spiro atoms. The predicted molar refractivity (Wildman–Crippen MR) is 109 cm³/mol.